The minimum atomic E-state index is -0.548. The van der Waals surface area contributed by atoms with Crippen LogP contribution < -0.4 is 15.0 Å². The molecule has 1 unspecified atom stereocenters. The lowest BCUT2D eigenvalue weighted by Crippen LogP contribution is -2.45. The summed E-state index contributed by atoms with van der Waals surface area (Å²) in [5, 5.41) is 3.04. The molecular formula is C24H33N3O2. The first-order chi connectivity index (χ1) is 13.9. The van der Waals surface area contributed by atoms with Crippen molar-refractivity contribution >= 4 is 11.6 Å². The number of rotatable bonds is 7. The summed E-state index contributed by atoms with van der Waals surface area (Å²) in [6, 6.07) is 16.3. The van der Waals surface area contributed by atoms with Crippen LogP contribution in [-0.2, 0) is 11.3 Å². The number of amides is 1. The van der Waals surface area contributed by atoms with Gasteiger partial charge < -0.3 is 19.9 Å². The van der Waals surface area contributed by atoms with Gasteiger partial charge in [0.2, 0.25) is 0 Å². The van der Waals surface area contributed by atoms with E-state index in [1.807, 2.05) is 24.3 Å². The van der Waals surface area contributed by atoms with Crippen LogP contribution in [0.2, 0.25) is 0 Å². The highest BCUT2D eigenvalue weighted by molar-refractivity contribution is 5.80. The Morgan fingerprint density at radius 3 is 2.48 bits per heavy atom. The SMILES string of the molecule is CC(Oc1cccc(C(C)C)c1)C(=O)NCc1ccccc1N1CCN(C)CC1. The van der Waals surface area contributed by atoms with E-state index in [1.54, 1.807) is 6.92 Å². The molecule has 29 heavy (non-hydrogen) atoms. The van der Waals surface area contributed by atoms with Crippen LogP contribution in [0.5, 0.6) is 5.75 Å². The van der Waals surface area contributed by atoms with Crippen LogP contribution in [0.15, 0.2) is 48.5 Å². The zero-order valence-corrected chi connectivity index (χ0v) is 18.0. The molecule has 1 aliphatic heterocycles. The van der Waals surface area contributed by atoms with Crippen LogP contribution in [-0.4, -0.2) is 50.1 Å². The minimum absolute atomic E-state index is 0.104. The second-order valence-corrected chi connectivity index (χ2v) is 8.12. The van der Waals surface area contributed by atoms with Crippen LogP contribution >= 0.6 is 0 Å². The zero-order valence-electron chi connectivity index (χ0n) is 18.0. The van der Waals surface area contributed by atoms with Crippen molar-refractivity contribution in [1.29, 1.82) is 0 Å². The number of anilines is 1. The third-order valence-corrected chi connectivity index (χ3v) is 5.50. The molecule has 2 aromatic rings. The molecule has 3 rings (SSSR count). The normalized spacial score (nSPS) is 16.0. The minimum Gasteiger partial charge on any atom is -0.481 e. The molecule has 1 fully saturated rings. The van der Waals surface area contributed by atoms with Crippen LogP contribution in [0.3, 0.4) is 0 Å². The molecule has 1 aliphatic rings. The Bertz CT molecular complexity index is 813. The van der Waals surface area contributed by atoms with Crippen molar-refractivity contribution in [3.05, 3.63) is 59.7 Å². The van der Waals surface area contributed by atoms with Crippen molar-refractivity contribution < 1.29 is 9.53 Å². The second-order valence-electron chi connectivity index (χ2n) is 8.12. The largest absolute Gasteiger partial charge is 0.481 e. The van der Waals surface area contributed by atoms with Crippen LogP contribution in [0.25, 0.3) is 0 Å². The lowest BCUT2D eigenvalue weighted by atomic mass is 10.0. The van der Waals surface area contributed by atoms with Gasteiger partial charge in [0.25, 0.3) is 5.91 Å². The number of carbonyl (C=O) groups is 1. The number of para-hydroxylation sites is 1. The van der Waals surface area contributed by atoms with Gasteiger partial charge in [0.15, 0.2) is 6.10 Å². The molecule has 156 valence electrons. The number of nitrogens with zero attached hydrogens (tertiary/aromatic N) is 2. The quantitative estimate of drug-likeness (QED) is 0.777. The van der Waals surface area contributed by atoms with Crippen molar-refractivity contribution in [3.63, 3.8) is 0 Å². The number of hydrogen-bond acceptors (Lipinski definition) is 4. The first-order valence-corrected chi connectivity index (χ1v) is 10.5. The van der Waals surface area contributed by atoms with Crippen molar-refractivity contribution in [2.24, 2.45) is 0 Å². The molecule has 1 N–H and O–H groups in total. The molecule has 1 amide bonds. The van der Waals surface area contributed by atoms with Crippen LogP contribution in [0.4, 0.5) is 5.69 Å². The fourth-order valence-corrected chi connectivity index (χ4v) is 3.55. The highest BCUT2D eigenvalue weighted by Crippen LogP contribution is 2.23. The van der Waals surface area contributed by atoms with E-state index in [4.69, 9.17) is 4.74 Å². The summed E-state index contributed by atoms with van der Waals surface area (Å²) < 4.78 is 5.89. The maximum Gasteiger partial charge on any atom is 0.261 e. The average molecular weight is 396 g/mol. The smallest absolute Gasteiger partial charge is 0.261 e. The number of piperazine rings is 1. The maximum absolute atomic E-state index is 12.6. The number of hydrogen-bond donors (Lipinski definition) is 1. The van der Waals surface area contributed by atoms with E-state index in [2.05, 4.69) is 60.3 Å². The third kappa shape index (κ3) is 5.73. The van der Waals surface area contributed by atoms with Gasteiger partial charge in [-0.15, -0.1) is 0 Å². The Balaban J connectivity index is 1.58. The van der Waals surface area contributed by atoms with E-state index in [0.29, 0.717) is 12.5 Å². The highest BCUT2D eigenvalue weighted by atomic mass is 16.5. The van der Waals surface area contributed by atoms with Gasteiger partial charge in [0.1, 0.15) is 5.75 Å². The molecule has 1 atom stereocenters. The highest BCUT2D eigenvalue weighted by Gasteiger charge is 2.19. The number of likely N-dealkylation sites (N-methyl/N-ethyl adjacent to an activating group) is 1. The third-order valence-electron chi connectivity index (χ3n) is 5.50. The van der Waals surface area contributed by atoms with Crippen molar-refractivity contribution in [3.8, 4) is 5.75 Å². The Hall–Kier alpha value is -2.53. The molecule has 2 aromatic carbocycles. The lowest BCUT2D eigenvalue weighted by molar-refractivity contribution is -0.127. The van der Waals surface area contributed by atoms with Gasteiger partial charge >= 0.3 is 0 Å². The summed E-state index contributed by atoms with van der Waals surface area (Å²) in [4.78, 5) is 17.4. The van der Waals surface area contributed by atoms with Crippen LogP contribution in [0.1, 0.15) is 37.8 Å². The van der Waals surface area contributed by atoms with Crippen molar-refractivity contribution in [2.45, 2.75) is 39.3 Å². The molecule has 1 saturated heterocycles. The van der Waals surface area contributed by atoms with Gasteiger partial charge in [-0.05, 0) is 49.2 Å². The predicted octanol–water partition coefficient (Wildman–Crippen LogP) is 3.65. The van der Waals surface area contributed by atoms with E-state index in [9.17, 15) is 4.79 Å². The van der Waals surface area contributed by atoms with E-state index in [-0.39, 0.29) is 5.91 Å². The Morgan fingerprint density at radius 1 is 1.03 bits per heavy atom. The van der Waals surface area contributed by atoms with Gasteiger partial charge in [0, 0.05) is 38.4 Å². The number of ether oxygens (including phenoxy) is 1. The van der Waals surface area contributed by atoms with Gasteiger partial charge in [-0.3, -0.25) is 4.79 Å². The summed E-state index contributed by atoms with van der Waals surface area (Å²) >= 11 is 0. The van der Waals surface area contributed by atoms with E-state index in [0.717, 1.165) is 37.5 Å². The Morgan fingerprint density at radius 2 is 1.76 bits per heavy atom. The predicted molar refractivity (Wildman–Crippen MR) is 119 cm³/mol. The van der Waals surface area contributed by atoms with Gasteiger partial charge in [0.05, 0.1) is 0 Å². The van der Waals surface area contributed by atoms with Crippen molar-refractivity contribution in [2.75, 3.05) is 38.1 Å². The van der Waals surface area contributed by atoms with E-state index in [1.165, 1.54) is 11.3 Å². The number of carbonyl (C=O) groups excluding carboxylic acids is 1. The molecular weight excluding hydrogens is 362 g/mol. The van der Waals surface area contributed by atoms with Crippen LogP contribution in [0, 0.1) is 0 Å². The number of nitrogens with one attached hydrogen (secondary N) is 1. The Kier molecular flexibility index (Phi) is 7.15. The van der Waals surface area contributed by atoms with E-state index < -0.39 is 6.10 Å². The van der Waals surface area contributed by atoms with Gasteiger partial charge in [-0.2, -0.15) is 0 Å². The summed E-state index contributed by atoms with van der Waals surface area (Å²) in [6.45, 7) is 10.7. The first kappa shape index (κ1) is 21.2. The fourth-order valence-electron chi connectivity index (χ4n) is 3.55. The van der Waals surface area contributed by atoms with Gasteiger partial charge in [-0.1, -0.05) is 44.2 Å². The van der Waals surface area contributed by atoms with Gasteiger partial charge in [-0.25, -0.2) is 0 Å². The Labute approximate surface area is 174 Å². The average Bonchev–Trinajstić information content (AvgIpc) is 2.73. The molecule has 0 spiro atoms. The molecule has 0 aromatic heterocycles. The zero-order chi connectivity index (χ0) is 20.8. The van der Waals surface area contributed by atoms with Crippen molar-refractivity contribution in [1.82, 2.24) is 10.2 Å². The summed E-state index contributed by atoms with van der Waals surface area (Å²) in [5.41, 5.74) is 3.55. The molecule has 5 nitrogen and oxygen atoms in total. The molecule has 5 heteroatoms. The fraction of sp³-hybridized carbons (Fsp3) is 0.458. The number of benzene rings is 2. The van der Waals surface area contributed by atoms with E-state index >= 15 is 0 Å². The summed E-state index contributed by atoms with van der Waals surface area (Å²) in [7, 11) is 2.15. The molecule has 0 aliphatic carbocycles. The summed E-state index contributed by atoms with van der Waals surface area (Å²) in [6.07, 6.45) is -0.548. The second kappa shape index (κ2) is 9.79. The topological polar surface area (TPSA) is 44.8 Å². The maximum atomic E-state index is 12.6. The molecule has 1 heterocycles. The standard InChI is InChI=1S/C24H33N3O2/c1-18(2)20-9-7-10-22(16-20)29-19(3)24(28)25-17-21-8-5-6-11-23(21)27-14-12-26(4)13-15-27/h5-11,16,18-19H,12-15,17H2,1-4H3,(H,25,28). The molecule has 0 saturated carbocycles. The molecule has 0 bridgehead atoms. The lowest BCUT2D eigenvalue weighted by Gasteiger charge is -2.35. The monoisotopic (exact) mass is 395 g/mol. The molecule has 0 radical (unpaired) electrons. The summed E-state index contributed by atoms with van der Waals surface area (Å²) in [5.74, 6) is 1.05. The first-order valence-electron chi connectivity index (χ1n) is 10.5.